The van der Waals surface area contributed by atoms with Crippen LogP contribution in [-0.2, 0) is 4.74 Å². The van der Waals surface area contributed by atoms with E-state index in [-0.39, 0.29) is 12.1 Å². The fraction of sp³-hybridized carbons (Fsp3) is 0.0714. The summed E-state index contributed by atoms with van der Waals surface area (Å²) in [6.07, 6.45) is -0.162. The molecule has 17 heavy (non-hydrogen) atoms. The van der Waals surface area contributed by atoms with Gasteiger partial charge in [0, 0.05) is 5.56 Å². The maximum absolute atomic E-state index is 5.71. The van der Waals surface area contributed by atoms with Gasteiger partial charge in [-0.25, -0.2) is 0 Å². The van der Waals surface area contributed by atoms with Gasteiger partial charge in [0.1, 0.15) is 0 Å². The second-order valence-corrected chi connectivity index (χ2v) is 3.92. The first-order chi connectivity index (χ1) is 8.34. The fourth-order valence-corrected chi connectivity index (χ4v) is 2.02. The molecule has 3 heteroatoms. The van der Waals surface area contributed by atoms with Crippen molar-refractivity contribution in [1.29, 1.82) is 0 Å². The zero-order valence-electron chi connectivity index (χ0n) is 9.21. The van der Waals surface area contributed by atoms with E-state index in [4.69, 9.17) is 10.5 Å². The first-order valence-corrected chi connectivity index (χ1v) is 5.49. The van der Waals surface area contributed by atoms with Crippen LogP contribution in [-0.4, -0.2) is 6.02 Å². The number of amidine groups is 1. The quantitative estimate of drug-likeness (QED) is 0.809. The van der Waals surface area contributed by atoms with Crippen LogP contribution in [0.5, 0.6) is 0 Å². The van der Waals surface area contributed by atoms with Crippen LogP contribution in [0.3, 0.4) is 0 Å². The molecule has 2 aromatic rings. The lowest BCUT2D eigenvalue weighted by Crippen LogP contribution is -2.23. The number of aliphatic imine (C=N–C) groups is 1. The van der Waals surface area contributed by atoms with Crippen molar-refractivity contribution in [2.45, 2.75) is 6.10 Å². The highest BCUT2D eigenvalue weighted by Crippen LogP contribution is 2.35. The normalized spacial score (nSPS) is 17.9. The molecule has 1 aliphatic heterocycles. The molecule has 84 valence electrons. The molecule has 0 fully saturated rings. The Balaban J connectivity index is 2.11. The summed E-state index contributed by atoms with van der Waals surface area (Å²) in [5.41, 5.74) is 8.72. The molecule has 2 aromatic carbocycles. The number of nitrogens with two attached hydrogens (primary N) is 1. The maximum atomic E-state index is 5.71. The largest absolute Gasteiger partial charge is 0.452 e. The number of ether oxygens (including phenoxy) is 1. The molecule has 0 spiro atoms. The standard InChI is InChI=1S/C14H12N2O/c15-14-16-12-9-5-4-8-11(12)13(17-14)10-6-2-1-3-7-10/h1-9,13H,(H2,15,16). The number of fused-ring (bicyclic) bond motifs is 1. The summed E-state index contributed by atoms with van der Waals surface area (Å²) in [7, 11) is 0. The lowest BCUT2D eigenvalue weighted by molar-refractivity contribution is 0.224. The van der Waals surface area contributed by atoms with Gasteiger partial charge in [-0.3, -0.25) is 0 Å². The minimum Gasteiger partial charge on any atom is -0.452 e. The maximum Gasteiger partial charge on any atom is 0.288 e. The van der Waals surface area contributed by atoms with Gasteiger partial charge < -0.3 is 10.5 Å². The average molecular weight is 224 g/mol. The molecule has 3 nitrogen and oxygen atoms in total. The Bertz CT molecular complexity index is 563. The smallest absolute Gasteiger partial charge is 0.288 e. The van der Waals surface area contributed by atoms with Crippen LogP contribution >= 0.6 is 0 Å². The van der Waals surface area contributed by atoms with E-state index in [1.807, 2.05) is 54.6 Å². The summed E-state index contributed by atoms with van der Waals surface area (Å²) in [5, 5.41) is 0. The van der Waals surface area contributed by atoms with Crippen LogP contribution in [0, 0.1) is 0 Å². The predicted molar refractivity (Wildman–Crippen MR) is 67.1 cm³/mol. The predicted octanol–water partition coefficient (Wildman–Crippen LogP) is 2.75. The summed E-state index contributed by atoms with van der Waals surface area (Å²) >= 11 is 0. The van der Waals surface area contributed by atoms with E-state index in [1.165, 1.54) is 0 Å². The molecule has 0 radical (unpaired) electrons. The van der Waals surface area contributed by atoms with Crippen LogP contribution in [0.1, 0.15) is 17.2 Å². The van der Waals surface area contributed by atoms with Gasteiger partial charge in [0.2, 0.25) is 0 Å². The van der Waals surface area contributed by atoms with E-state index < -0.39 is 0 Å². The van der Waals surface area contributed by atoms with Crippen LogP contribution in [0.2, 0.25) is 0 Å². The van der Waals surface area contributed by atoms with E-state index in [1.54, 1.807) is 0 Å². The number of rotatable bonds is 1. The lowest BCUT2D eigenvalue weighted by atomic mass is 9.99. The molecule has 0 aromatic heterocycles. The summed E-state index contributed by atoms with van der Waals surface area (Å²) < 4.78 is 5.63. The fourth-order valence-electron chi connectivity index (χ4n) is 2.02. The highest BCUT2D eigenvalue weighted by atomic mass is 16.5. The first kappa shape index (κ1) is 9.90. The molecule has 0 saturated heterocycles. The zero-order valence-corrected chi connectivity index (χ0v) is 9.21. The number of para-hydroxylation sites is 1. The molecule has 1 heterocycles. The molecular weight excluding hydrogens is 212 g/mol. The van der Waals surface area contributed by atoms with Gasteiger partial charge in [0.15, 0.2) is 6.10 Å². The van der Waals surface area contributed by atoms with E-state index in [2.05, 4.69) is 4.99 Å². The first-order valence-electron chi connectivity index (χ1n) is 5.49. The summed E-state index contributed by atoms with van der Waals surface area (Å²) in [4.78, 5) is 4.19. The molecule has 0 amide bonds. The van der Waals surface area contributed by atoms with Crippen molar-refractivity contribution < 1.29 is 4.74 Å². The Morgan fingerprint density at radius 2 is 1.65 bits per heavy atom. The van der Waals surface area contributed by atoms with Crippen LogP contribution in [0.4, 0.5) is 5.69 Å². The van der Waals surface area contributed by atoms with E-state index in [0.717, 1.165) is 16.8 Å². The van der Waals surface area contributed by atoms with Gasteiger partial charge in [-0.15, -0.1) is 0 Å². The third kappa shape index (κ3) is 1.76. The van der Waals surface area contributed by atoms with Crippen LogP contribution < -0.4 is 5.73 Å². The SMILES string of the molecule is NC1=Nc2ccccc2C(c2ccccc2)O1. The van der Waals surface area contributed by atoms with Gasteiger partial charge in [0.25, 0.3) is 6.02 Å². The van der Waals surface area contributed by atoms with Crippen molar-refractivity contribution in [3.05, 3.63) is 65.7 Å². The monoisotopic (exact) mass is 224 g/mol. The Labute approximate surface area is 99.6 Å². The van der Waals surface area contributed by atoms with Crippen molar-refractivity contribution >= 4 is 11.7 Å². The second kappa shape index (κ2) is 3.94. The number of benzene rings is 2. The average Bonchev–Trinajstić information content (AvgIpc) is 2.39. The highest BCUT2D eigenvalue weighted by Gasteiger charge is 2.23. The van der Waals surface area contributed by atoms with Gasteiger partial charge in [-0.2, -0.15) is 4.99 Å². The van der Waals surface area contributed by atoms with E-state index in [0.29, 0.717) is 0 Å². The molecule has 1 unspecified atom stereocenters. The Morgan fingerprint density at radius 1 is 0.941 bits per heavy atom. The van der Waals surface area contributed by atoms with Crippen LogP contribution in [0.25, 0.3) is 0 Å². The van der Waals surface area contributed by atoms with E-state index >= 15 is 0 Å². The summed E-state index contributed by atoms with van der Waals surface area (Å²) in [6.45, 7) is 0. The third-order valence-corrected chi connectivity index (χ3v) is 2.79. The molecule has 0 aliphatic carbocycles. The molecule has 2 N–H and O–H groups in total. The number of nitrogens with zero attached hydrogens (tertiary/aromatic N) is 1. The molecule has 1 aliphatic rings. The van der Waals surface area contributed by atoms with Gasteiger partial charge in [0.05, 0.1) is 5.69 Å². The Morgan fingerprint density at radius 3 is 2.47 bits per heavy atom. The van der Waals surface area contributed by atoms with Gasteiger partial charge in [-0.05, 0) is 11.6 Å². The topological polar surface area (TPSA) is 47.6 Å². The number of hydrogen-bond acceptors (Lipinski definition) is 3. The minimum absolute atomic E-state index is 0.162. The Kier molecular flexibility index (Phi) is 2.29. The summed E-state index contributed by atoms with van der Waals surface area (Å²) in [6, 6.07) is 18.1. The van der Waals surface area contributed by atoms with Crippen molar-refractivity contribution in [3.8, 4) is 0 Å². The Hall–Kier alpha value is -2.29. The van der Waals surface area contributed by atoms with Crippen molar-refractivity contribution in [3.63, 3.8) is 0 Å². The zero-order chi connectivity index (χ0) is 11.7. The summed E-state index contributed by atoms with van der Waals surface area (Å²) in [5.74, 6) is 0. The van der Waals surface area contributed by atoms with Crippen LogP contribution in [0.15, 0.2) is 59.6 Å². The third-order valence-electron chi connectivity index (χ3n) is 2.79. The van der Waals surface area contributed by atoms with Crippen molar-refractivity contribution in [1.82, 2.24) is 0 Å². The second-order valence-electron chi connectivity index (χ2n) is 3.92. The van der Waals surface area contributed by atoms with Gasteiger partial charge in [-0.1, -0.05) is 48.5 Å². The minimum atomic E-state index is -0.162. The molecular formula is C14H12N2O. The van der Waals surface area contributed by atoms with Gasteiger partial charge >= 0.3 is 0 Å². The number of hydrogen-bond donors (Lipinski definition) is 1. The lowest BCUT2D eigenvalue weighted by Gasteiger charge is -2.24. The molecule has 1 atom stereocenters. The van der Waals surface area contributed by atoms with E-state index in [9.17, 15) is 0 Å². The molecule has 0 saturated carbocycles. The highest BCUT2D eigenvalue weighted by molar-refractivity contribution is 5.79. The van der Waals surface area contributed by atoms with Crippen molar-refractivity contribution in [2.75, 3.05) is 0 Å². The molecule has 3 rings (SSSR count). The molecule has 0 bridgehead atoms. The van der Waals surface area contributed by atoms with Crippen molar-refractivity contribution in [2.24, 2.45) is 10.7 Å².